The Labute approximate surface area is 193 Å². The number of hydrogen-bond acceptors (Lipinski definition) is 5. The molecule has 0 aliphatic carbocycles. The maximum atomic E-state index is 13.4. The molecule has 0 spiro atoms. The van der Waals surface area contributed by atoms with Crippen molar-refractivity contribution < 1.29 is 14.0 Å². The summed E-state index contributed by atoms with van der Waals surface area (Å²) in [5.41, 5.74) is 2.65. The van der Waals surface area contributed by atoms with Gasteiger partial charge in [0.1, 0.15) is 0 Å². The number of carbonyl (C=O) groups is 2. The van der Waals surface area contributed by atoms with Crippen molar-refractivity contribution in [1.29, 1.82) is 0 Å². The molecule has 0 aromatic carbocycles. The van der Waals surface area contributed by atoms with E-state index in [1.54, 1.807) is 32.1 Å². The van der Waals surface area contributed by atoms with Crippen molar-refractivity contribution in [3.05, 3.63) is 51.2 Å². The number of hydrogen-bond donors (Lipinski definition) is 1. The third-order valence-electron chi connectivity index (χ3n) is 6.34. The Bertz CT molecular complexity index is 903. The number of likely N-dealkylation sites (tertiary alicyclic amines) is 1. The van der Waals surface area contributed by atoms with E-state index in [9.17, 15) is 14.0 Å². The Kier molecular flexibility index (Phi) is 8.37. The quantitative estimate of drug-likeness (QED) is 0.607. The standard InChI is InChI=1S/C24H33FN4O2S/c1-16-13-22(25)27-18(3)23(16)24(31)26-9-5-17(2)28-10-6-21(7-11-28)29(19(4)30)14-20-8-12-32-15-20/h8,12-13,15,17,21H,5-7,9-11,14H2,1-4H3,(H,26,31)/t17-/m1/s1. The van der Waals surface area contributed by atoms with Gasteiger partial charge in [-0.3, -0.25) is 9.59 Å². The zero-order valence-corrected chi connectivity index (χ0v) is 20.2. The highest BCUT2D eigenvalue weighted by atomic mass is 32.1. The third kappa shape index (κ3) is 6.13. The fraction of sp³-hybridized carbons (Fsp3) is 0.542. The number of halogens is 1. The number of carbonyl (C=O) groups excluding carboxylic acids is 2. The second kappa shape index (κ2) is 11.0. The van der Waals surface area contributed by atoms with Crippen molar-refractivity contribution in [2.45, 2.75) is 65.6 Å². The molecule has 6 nitrogen and oxygen atoms in total. The summed E-state index contributed by atoms with van der Waals surface area (Å²) in [4.78, 5) is 33.0. The molecule has 8 heteroatoms. The van der Waals surface area contributed by atoms with Crippen molar-refractivity contribution in [3.63, 3.8) is 0 Å². The Hall–Kier alpha value is -2.32. The third-order valence-corrected chi connectivity index (χ3v) is 7.07. The summed E-state index contributed by atoms with van der Waals surface area (Å²) < 4.78 is 13.4. The molecule has 0 saturated carbocycles. The number of piperidine rings is 1. The highest BCUT2D eigenvalue weighted by molar-refractivity contribution is 7.07. The van der Waals surface area contributed by atoms with Crippen LogP contribution in [0, 0.1) is 19.8 Å². The second-order valence-electron chi connectivity index (χ2n) is 8.66. The highest BCUT2D eigenvalue weighted by Crippen LogP contribution is 2.22. The van der Waals surface area contributed by atoms with Crippen LogP contribution in [0.15, 0.2) is 22.9 Å². The smallest absolute Gasteiger partial charge is 0.253 e. The first-order valence-electron chi connectivity index (χ1n) is 11.2. The predicted octanol–water partition coefficient (Wildman–Crippen LogP) is 3.92. The van der Waals surface area contributed by atoms with Crippen LogP contribution in [-0.4, -0.2) is 58.3 Å². The largest absolute Gasteiger partial charge is 0.352 e. The van der Waals surface area contributed by atoms with Crippen LogP contribution in [0.1, 0.15) is 60.3 Å². The van der Waals surface area contributed by atoms with Gasteiger partial charge in [-0.05, 0) is 74.1 Å². The first kappa shape index (κ1) is 24.3. The summed E-state index contributed by atoms with van der Waals surface area (Å²) in [5, 5.41) is 7.11. The van der Waals surface area contributed by atoms with Crippen molar-refractivity contribution in [2.75, 3.05) is 19.6 Å². The molecule has 3 rings (SSSR count). The Morgan fingerprint density at radius 3 is 2.66 bits per heavy atom. The van der Waals surface area contributed by atoms with E-state index in [1.165, 1.54) is 11.6 Å². The number of nitrogens with one attached hydrogen (secondary N) is 1. The van der Waals surface area contributed by atoms with E-state index in [4.69, 9.17) is 0 Å². The molecule has 1 aliphatic rings. The van der Waals surface area contributed by atoms with Gasteiger partial charge < -0.3 is 15.1 Å². The number of aromatic nitrogens is 1. The maximum Gasteiger partial charge on any atom is 0.253 e. The summed E-state index contributed by atoms with van der Waals surface area (Å²) in [7, 11) is 0. The summed E-state index contributed by atoms with van der Waals surface area (Å²) in [6, 6.07) is 3.97. The second-order valence-corrected chi connectivity index (χ2v) is 9.44. The van der Waals surface area contributed by atoms with E-state index in [0.717, 1.165) is 32.4 Å². The molecule has 1 saturated heterocycles. The summed E-state index contributed by atoms with van der Waals surface area (Å²) in [6.45, 7) is 10.3. The number of thiophene rings is 1. The Morgan fingerprint density at radius 2 is 2.06 bits per heavy atom. The van der Waals surface area contributed by atoms with E-state index < -0.39 is 5.95 Å². The average molecular weight is 461 g/mol. The predicted molar refractivity (Wildman–Crippen MR) is 125 cm³/mol. The number of pyridine rings is 1. The molecule has 0 radical (unpaired) electrons. The van der Waals surface area contributed by atoms with Gasteiger partial charge in [-0.25, -0.2) is 4.98 Å². The lowest BCUT2D eigenvalue weighted by molar-refractivity contribution is -0.133. The molecule has 32 heavy (non-hydrogen) atoms. The normalized spacial score (nSPS) is 16.0. The molecule has 1 atom stereocenters. The van der Waals surface area contributed by atoms with Gasteiger partial charge in [-0.15, -0.1) is 0 Å². The van der Waals surface area contributed by atoms with Crippen LogP contribution in [-0.2, 0) is 11.3 Å². The van der Waals surface area contributed by atoms with Crippen LogP contribution in [0.25, 0.3) is 0 Å². The van der Waals surface area contributed by atoms with Crippen molar-refractivity contribution >= 4 is 23.2 Å². The van der Waals surface area contributed by atoms with Gasteiger partial charge in [0.15, 0.2) is 0 Å². The first-order valence-corrected chi connectivity index (χ1v) is 12.1. The number of amides is 2. The summed E-state index contributed by atoms with van der Waals surface area (Å²) >= 11 is 1.66. The van der Waals surface area contributed by atoms with Gasteiger partial charge in [-0.2, -0.15) is 15.7 Å². The van der Waals surface area contributed by atoms with E-state index >= 15 is 0 Å². The zero-order valence-electron chi connectivity index (χ0n) is 19.4. The Morgan fingerprint density at radius 1 is 1.34 bits per heavy atom. The first-order chi connectivity index (χ1) is 15.3. The van der Waals surface area contributed by atoms with Crippen LogP contribution in [0.4, 0.5) is 4.39 Å². The van der Waals surface area contributed by atoms with E-state index in [1.807, 2.05) is 10.3 Å². The molecule has 174 valence electrons. The molecule has 2 amide bonds. The van der Waals surface area contributed by atoms with Crippen LogP contribution in [0.2, 0.25) is 0 Å². The molecule has 2 aromatic rings. The molecule has 0 unspecified atom stereocenters. The van der Waals surface area contributed by atoms with Gasteiger partial charge in [0.2, 0.25) is 11.9 Å². The highest BCUT2D eigenvalue weighted by Gasteiger charge is 2.28. The maximum absolute atomic E-state index is 13.4. The Balaban J connectivity index is 1.46. The lowest BCUT2D eigenvalue weighted by Crippen LogP contribution is -2.49. The van der Waals surface area contributed by atoms with Gasteiger partial charge >= 0.3 is 0 Å². The molecular weight excluding hydrogens is 427 g/mol. The van der Waals surface area contributed by atoms with E-state index in [2.05, 4.69) is 33.6 Å². The van der Waals surface area contributed by atoms with E-state index in [0.29, 0.717) is 36.0 Å². The number of aryl methyl sites for hydroxylation is 2. The lowest BCUT2D eigenvalue weighted by atomic mass is 10.00. The fourth-order valence-electron chi connectivity index (χ4n) is 4.51. The van der Waals surface area contributed by atoms with Gasteiger partial charge in [-0.1, -0.05) is 0 Å². The molecule has 1 fully saturated rings. The van der Waals surface area contributed by atoms with Crippen molar-refractivity contribution in [1.82, 2.24) is 20.1 Å². The minimum Gasteiger partial charge on any atom is -0.352 e. The van der Waals surface area contributed by atoms with Gasteiger partial charge in [0.05, 0.1) is 11.3 Å². The molecule has 3 heterocycles. The summed E-state index contributed by atoms with van der Waals surface area (Å²) in [6.07, 6.45) is 2.74. The molecule has 2 aromatic heterocycles. The molecule has 1 aliphatic heterocycles. The van der Waals surface area contributed by atoms with Crippen molar-refractivity contribution in [2.24, 2.45) is 0 Å². The number of rotatable bonds is 8. The van der Waals surface area contributed by atoms with Gasteiger partial charge in [0.25, 0.3) is 5.91 Å². The van der Waals surface area contributed by atoms with Crippen LogP contribution >= 0.6 is 11.3 Å². The molecule has 1 N–H and O–H groups in total. The van der Waals surface area contributed by atoms with Gasteiger partial charge in [0, 0.05) is 45.2 Å². The van der Waals surface area contributed by atoms with Crippen LogP contribution in [0.3, 0.4) is 0 Å². The molecule has 0 bridgehead atoms. The molecular formula is C24H33FN4O2S. The topological polar surface area (TPSA) is 65.5 Å². The van der Waals surface area contributed by atoms with Crippen LogP contribution in [0.5, 0.6) is 0 Å². The zero-order chi connectivity index (χ0) is 23.3. The van der Waals surface area contributed by atoms with Crippen LogP contribution < -0.4 is 5.32 Å². The lowest BCUT2D eigenvalue weighted by Gasteiger charge is -2.40. The fourth-order valence-corrected chi connectivity index (χ4v) is 5.17. The average Bonchev–Trinajstić information content (AvgIpc) is 3.24. The number of nitrogens with zero attached hydrogens (tertiary/aromatic N) is 3. The monoisotopic (exact) mass is 460 g/mol. The SMILES string of the molecule is CC(=O)N(Cc1ccsc1)C1CCN([C@H](C)CCNC(=O)c2c(C)cc(F)nc2C)CC1. The summed E-state index contributed by atoms with van der Waals surface area (Å²) in [5.74, 6) is -0.637. The minimum atomic E-state index is -0.563. The van der Waals surface area contributed by atoms with Crippen molar-refractivity contribution in [3.8, 4) is 0 Å². The minimum absolute atomic E-state index is 0.131. The van der Waals surface area contributed by atoms with E-state index in [-0.39, 0.29) is 17.9 Å².